The summed E-state index contributed by atoms with van der Waals surface area (Å²) < 4.78 is 74.6. The quantitative estimate of drug-likeness (QED) is 0.595. The van der Waals surface area contributed by atoms with Crippen LogP contribution >= 0.6 is 0 Å². The normalized spacial score (nSPS) is 29.6. The average Bonchev–Trinajstić information content (AvgIpc) is 2.74. The average molecular weight is 262 g/mol. The van der Waals surface area contributed by atoms with Crippen LogP contribution in [0.25, 0.3) is 0 Å². The highest BCUT2D eigenvalue weighted by atomic mass is 19.4. The third-order valence-electron chi connectivity index (χ3n) is 3.24. The molecule has 0 radical (unpaired) electrons. The van der Waals surface area contributed by atoms with Gasteiger partial charge in [-0.3, -0.25) is 0 Å². The van der Waals surface area contributed by atoms with Gasteiger partial charge in [0.15, 0.2) is 5.92 Å². The number of alkyl halides is 6. The zero-order chi connectivity index (χ0) is 13.6. The smallest absolute Gasteiger partial charge is 0.309 e. The molecule has 1 aliphatic rings. The van der Waals surface area contributed by atoms with Crippen molar-refractivity contribution in [3.8, 4) is 0 Å². The van der Waals surface area contributed by atoms with Gasteiger partial charge in [-0.2, -0.15) is 26.3 Å². The number of halogens is 6. The van der Waals surface area contributed by atoms with Gasteiger partial charge in [0, 0.05) is 11.6 Å². The first-order chi connectivity index (χ1) is 7.47. The minimum absolute atomic E-state index is 0.205. The van der Waals surface area contributed by atoms with Crippen molar-refractivity contribution < 1.29 is 26.3 Å². The molecule has 2 atom stereocenters. The predicted molar refractivity (Wildman–Crippen MR) is 48.9 cm³/mol. The monoisotopic (exact) mass is 262 g/mol. The zero-order valence-electron chi connectivity index (χ0n) is 9.13. The molecule has 2 nitrogen and oxygen atoms in total. The first-order valence-corrected chi connectivity index (χ1v) is 4.85. The van der Waals surface area contributed by atoms with Crippen LogP contribution in [0.5, 0.6) is 0 Å². The lowest BCUT2D eigenvalue weighted by molar-refractivity contribution is -0.291. The Labute approximate surface area is 93.9 Å². The van der Waals surface area contributed by atoms with Crippen LogP contribution in [0.2, 0.25) is 0 Å². The Balaban J connectivity index is 3.02. The highest BCUT2D eigenvalue weighted by Gasteiger charge is 2.71. The van der Waals surface area contributed by atoms with E-state index in [2.05, 4.69) is 5.32 Å². The van der Waals surface area contributed by atoms with Crippen LogP contribution in [0.15, 0.2) is 0 Å². The molecule has 1 fully saturated rings. The fourth-order valence-electron chi connectivity index (χ4n) is 2.24. The predicted octanol–water partition coefficient (Wildman–Crippen LogP) is 2.74. The summed E-state index contributed by atoms with van der Waals surface area (Å²) in [6.45, 7) is 1.21. The molecule has 2 N–H and O–H groups in total. The molecule has 100 valence electrons. The molecule has 0 bridgehead atoms. The first-order valence-electron chi connectivity index (χ1n) is 4.85. The molecule has 0 saturated heterocycles. The lowest BCUT2D eigenvalue weighted by Crippen LogP contribution is -2.45. The number of rotatable bonds is 3. The Bertz CT molecular complexity index is 306. The lowest BCUT2D eigenvalue weighted by Gasteiger charge is -2.26. The van der Waals surface area contributed by atoms with E-state index in [0.29, 0.717) is 0 Å². The number of hydrogen-bond donors (Lipinski definition) is 2. The Morgan fingerprint density at radius 1 is 1.24 bits per heavy atom. The van der Waals surface area contributed by atoms with Crippen LogP contribution in [0.3, 0.4) is 0 Å². The van der Waals surface area contributed by atoms with Gasteiger partial charge in [-0.15, -0.1) is 0 Å². The summed E-state index contributed by atoms with van der Waals surface area (Å²) in [5, 5.41) is 9.70. The minimum atomic E-state index is -5.34. The Morgan fingerprint density at radius 3 is 1.82 bits per heavy atom. The van der Waals surface area contributed by atoms with Crippen LogP contribution in [0.1, 0.15) is 13.3 Å². The van der Waals surface area contributed by atoms with Crippen LogP contribution in [-0.4, -0.2) is 30.7 Å². The van der Waals surface area contributed by atoms with E-state index in [1.54, 1.807) is 0 Å². The second-order valence-corrected chi connectivity index (χ2v) is 4.22. The molecule has 1 aliphatic carbocycles. The third kappa shape index (κ3) is 2.41. The molecule has 17 heavy (non-hydrogen) atoms. The van der Waals surface area contributed by atoms with Gasteiger partial charge in [0.05, 0.1) is 5.54 Å². The summed E-state index contributed by atoms with van der Waals surface area (Å²) >= 11 is 0. The molecule has 1 rings (SSSR count). The minimum Gasteiger partial charge on any atom is -0.309 e. The summed E-state index contributed by atoms with van der Waals surface area (Å²) in [6, 6.07) is 0. The van der Waals surface area contributed by atoms with Crippen LogP contribution in [0.4, 0.5) is 26.3 Å². The highest BCUT2D eigenvalue weighted by Crippen LogP contribution is 2.58. The summed E-state index contributed by atoms with van der Waals surface area (Å²) in [6.07, 6.45) is -11.0. The highest BCUT2D eigenvalue weighted by molar-refractivity contribution is 5.92. The SMILES string of the molecule is CNC1(C(C)=N)C[C@@H]1C(C(F)(F)F)C(F)(F)F. The van der Waals surface area contributed by atoms with Crippen molar-refractivity contribution >= 4 is 5.71 Å². The molecule has 0 aromatic carbocycles. The van der Waals surface area contributed by atoms with Crippen molar-refractivity contribution in [1.82, 2.24) is 5.32 Å². The van der Waals surface area contributed by atoms with Crippen molar-refractivity contribution in [2.45, 2.75) is 31.2 Å². The fourth-order valence-corrected chi connectivity index (χ4v) is 2.24. The second kappa shape index (κ2) is 3.86. The Morgan fingerprint density at radius 2 is 1.65 bits per heavy atom. The first kappa shape index (κ1) is 14.3. The molecule has 0 spiro atoms. The van der Waals surface area contributed by atoms with Crippen molar-refractivity contribution in [1.29, 1.82) is 5.41 Å². The van der Waals surface area contributed by atoms with Gasteiger partial charge < -0.3 is 10.7 Å². The lowest BCUT2D eigenvalue weighted by atomic mass is 9.96. The van der Waals surface area contributed by atoms with Crippen LogP contribution in [0, 0.1) is 17.2 Å². The van der Waals surface area contributed by atoms with E-state index < -0.39 is 29.7 Å². The van der Waals surface area contributed by atoms with E-state index in [1.807, 2.05) is 0 Å². The van der Waals surface area contributed by atoms with E-state index in [-0.39, 0.29) is 12.1 Å². The van der Waals surface area contributed by atoms with Crippen LogP contribution < -0.4 is 5.32 Å². The fraction of sp³-hybridized carbons (Fsp3) is 0.889. The topological polar surface area (TPSA) is 35.9 Å². The molecule has 1 unspecified atom stereocenters. The zero-order valence-corrected chi connectivity index (χ0v) is 9.13. The number of nitrogens with one attached hydrogen (secondary N) is 2. The molecule has 0 aromatic rings. The molecule has 1 saturated carbocycles. The molecular formula is C9H12F6N2. The van der Waals surface area contributed by atoms with Gasteiger partial charge in [0.2, 0.25) is 0 Å². The van der Waals surface area contributed by atoms with E-state index in [9.17, 15) is 26.3 Å². The maximum Gasteiger partial charge on any atom is 0.400 e. The van der Waals surface area contributed by atoms with Crippen molar-refractivity contribution in [3.63, 3.8) is 0 Å². The van der Waals surface area contributed by atoms with Crippen molar-refractivity contribution in [3.05, 3.63) is 0 Å². The van der Waals surface area contributed by atoms with Gasteiger partial charge >= 0.3 is 12.4 Å². The molecule has 0 heterocycles. The maximum atomic E-state index is 12.4. The Hall–Kier alpha value is -0.790. The number of hydrogen-bond acceptors (Lipinski definition) is 2. The van der Waals surface area contributed by atoms with Gasteiger partial charge in [-0.05, 0) is 20.4 Å². The molecule has 0 amide bonds. The largest absolute Gasteiger partial charge is 0.400 e. The van der Waals surface area contributed by atoms with Gasteiger partial charge in [-0.1, -0.05) is 0 Å². The van der Waals surface area contributed by atoms with Gasteiger partial charge in [-0.25, -0.2) is 0 Å². The van der Waals surface area contributed by atoms with E-state index in [4.69, 9.17) is 5.41 Å². The summed E-state index contributed by atoms with van der Waals surface area (Å²) in [5.41, 5.74) is -1.67. The standard InChI is InChI=1S/C9H12F6N2/c1-4(16)7(17-2)3-5(7)6(8(10,11)12)9(13,14)15/h5-6,16-17H,3H2,1-2H3/t5-,7?/m1/s1. The molecule has 8 heteroatoms. The maximum absolute atomic E-state index is 12.4. The van der Waals surface area contributed by atoms with Crippen LogP contribution in [-0.2, 0) is 0 Å². The Kier molecular flexibility index (Phi) is 3.24. The summed E-state index contributed by atoms with van der Waals surface area (Å²) in [7, 11) is 1.27. The summed E-state index contributed by atoms with van der Waals surface area (Å²) in [5.74, 6) is -5.02. The van der Waals surface area contributed by atoms with Crippen molar-refractivity contribution in [2.24, 2.45) is 11.8 Å². The summed E-state index contributed by atoms with van der Waals surface area (Å²) in [4.78, 5) is 0. The van der Waals surface area contributed by atoms with Gasteiger partial charge in [0.1, 0.15) is 0 Å². The van der Waals surface area contributed by atoms with E-state index >= 15 is 0 Å². The second-order valence-electron chi connectivity index (χ2n) is 4.22. The van der Waals surface area contributed by atoms with E-state index in [1.165, 1.54) is 14.0 Å². The molecular weight excluding hydrogens is 250 g/mol. The van der Waals surface area contributed by atoms with Crippen molar-refractivity contribution in [2.75, 3.05) is 7.05 Å². The van der Waals surface area contributed by atoms with E-state index in [0.717, 1.165) is 0 Å². The third-order valence-corrected chi connectivity index (χ3v) is 3.24. The molecule has 0 aromatic heterocycles. The van der Waals surface area contributed by atoms with Gasteiger partial charge in [0.25, 0.3) is 0 Å². The molecule has 0 aliphatic heterocycles.